The van der Waals surface area contributed by atoms with Crippen LogP contribution < -0.4 is 11.1 Å². The minimum absolute atomic E-state index is 0.0629. The van der Waals surface area contributed by atoms with Crippen LogP contribution in [0.1, 0.15) is 20.8 Å². The molecule has 0 atom stereocenters. The smallest absolute Gasteiger partial charge is 0.221 e. The maximum Gasteiger partial charge on any atom is 0.221 e. The Bertz CT molecular complexity index is 354. The van der Waals surface area contributed by atoms with Crippen LogP contribution in [0.3, 0.4) is 0 Å². The molecule has 5 heteroatoms. The summed E-state index contributed by atoms with van der Waals surface area (Å²) in [6.45, 7) is 5.36. The van der Waals surface area contributed by atoms with Crippen LogP contribution >= 0.6 is 11.6 Å². The lowest BCUT2D eigenvalue weighted by atomic mass is 10.2. The Kier molecular flexibility index (Phi) is 5.56. The summed E-state index contributed by atoms with van der Waals surface area (Å²) in [4.78, 5) is 10.7. The van der Waals surface area contributed by atoms with Crippen molar-refractivity contribution >= 4 is 28.9 Å². The first-order valence-electron chi connectivity index (χ1n) is 4.57. The molecular weight excluding hydrogens is 216 g/mol. The lowest BCUT2D eigenvalue weighted by Crippen LogP contribution is -2.06. The van der Waals surface area contributed by atoms with Gasteiger partial charge in [-0.1, -0.05) is 25.4 Å². The molecule has 0 unspecified atom stereocenters. The summed E-state index contributed by atoms with van der Waals surface area (Å²) in [7, 11) is 0. The molecule has 84 valence electrons. The van der Waals surface area contributed by atoms with E-state index in [2.05, 4.69) is 5.32 Å². The van der Waals surface area contributed by atoms with E-state index in [0.29, 0.717) is 5.69 Å². The van der Waals surface area contributed by atoms with Crippen LogP contribution in [0.2, 0.25) is 5.02 Å². The number of amides is 1. The predicted molar refractivity (Wildman–Crippen MR) is 63.2 cm³/mol. The Balaban J connectivity index is 0.000000921. The van der Waals surface area contributed by atoms with E-state index in [9.17, 15) is 4.79 Å². The number of halogens is 1. The molecule has 1 aromatic rings. The van der Waals surface area contributed by atoms with Crippen LogP contribution in [0, 0.1) is 0 Å². The fourth-order valence-electron chi connectivity index (χ4n) is 0.869. The maximum atomic E-state index is 10.7. The number of nitrogens with two attached hydrogens (primary N) is 1. The monoisotopic (exact) mass is 230 g/mol. The second kappa shape index (κ2) is 6.14. The minimum Gasteiger partial charge on any atom is -0.506 e. The largest absolute Gasteiger partial charge is 0.506 e. The zero-order valence-corrected chi connectivity index (χ0v) is 9.72. The number of rotatable bonds is 1. The second-order valence-corrected chi connectivity index (χ2v) is 2.92. The summed E-state index contributed by atoms with van der Waals surface area (Å²) in [5, 5.41) is 11.8. The Morgan fingerprint density at radius 3 is 2.47 bits per heavy atom. The van der Waals surface area contributed by atoms with E-state index in [1.807, 2.05) is 13.8 Å². The highest BCUT2D eigenvalue weighted by atomic mass is 35.5. The van der Waals surface area contributed by atoms with Crippen LogP contribution in [0.25, 0.3) is 0 Å². The topological polar surface area (TPSA) is 75.3 Å². The maximum absolute atomic E-state index is 10.7. The average Bonchev–Trinajstić information content (AvgIpc) is 2.22. The number of benzene rings is 1. The van der Waals surface area contributed by atoms with E-state index in [4.69, 9.17) is 22.4 Å². The zero-order valence-electron chi connectivity index (χ0n) is 8.97. The first-order valence-corrected chi connectivity index (χ1v) is 4.94. The molecule has 0 radical (unpaired) electrons. The van der Waals surface area contributed by atoms with E-state index < -0.39 is 0 Å². The molecule has 1 aromatic carbocycles. The van der Waals surface area contributed by atoms with Crippen molar-refractivity contribution in [3.05, 3.63) is 17.2 Å². The van der Waals surface area contributed by atoms with Crippen LogP contribution in [0.15, 0.2) is 12.1 Å². The molecule has 4 nitrogen and oxygen atoms in total. The SMILES string of the molecule is CC.CC(=O)Nc1ccc(O)c(N)c1Cl. The van der Waals surface area contributed by atoms with Crippen molar-refractivity contribution in [2.75, 3.05) is 11.1 Å². The fraction of sp³-hybridized carbons (Fsp3) is 0.300. The first kappa shape index (κ1) is 13.6. The molecule has 0 saturated carbocycles. The standard InChI is InChI=1S/C8H9ClN2O2.C2H6/c1-4(12)11-5-2-3-6(13)8(10)7(5)9;1-2/h2-3,13H,10H2,1H3,(H,11,12);1-2H3. The number of phenolic OH excluding ortho intramolecular Hbond substituents is 1. The summed E-state index contributed by atoms with van der Waals surface area (Å²) in [6.07, 6.45) is 0. The molecule has 4 N–H and O–H groups in total. The van der Waals surface area contributed by atoms with Gasteiger partial charge in [0.15, 0.2) is 0 Å². The number of carbonyl (C=O) groups is 1. The van der Waals surface area contributed by atoms with Gasteiger partial charge in [0.2, 0.25) is 5.91 Å². The van der Waals surface area contributed by atoms with Gasteiger partial charge in [0.1, 0.15) is 5.75 Å². The number of phenols is 1. The van der Waals surface area contributed by atoms with Crippen molar-refractivity contribution in [2.45, 2.75) is 20.8 Å². The third-order valence-electron chi connectivity index (χ3n) is 1.47. The second-order valence-electron chi connectivity index (χ2n) is 2.54. The van der Waals surface area contributed by atoms with Crippen molar-refractivity contribution < 1.29 is 9.90 Å². The van der Waals surface area contributed by atoms with E-state index in [-0.39, 0.29) is 22.4 Å². The van der Waals surface area contributed by atoms with Crippen molar-refractivity contribution in [2.24, 2.45) is 0 Å². The summed E-state index contributed by atoms with van der Waals surface area (Å²) in [6, 6.07) is 2.85. The molecule has 0 aliphatic rings. The number of aromatic hydroxyl groups is 1. The molecule has 0 bridgehead atoms. The van der Waals surface area contributed by atoms with Crippen molar-refractivity contribution in [1.82, 2.24) is 0 Å². The molecule has 0 aliphatic carbocycles. The van der Waals surface area contributed by atoms with Crippen molar-refractivity contribution in [3.63, 3.8) is 0 Å². The zero-order chi connectivity index (χ0) is 12.0. The molecular formula is C10H15ClN2O2. The summed E-state index contributed by atoms with van der Waals surface area (Å²) in [5.41, 5.74) is 5.88. The fourth-order valence-corrected chi connectivity index (χ4v) is 1.08. The van der Waals surface area contributed by atoms with Gasteiger partial charge in [-0.25, -0.2) is 0 Å². The lowest BCUT2D eigenvalue weighted by Gasteiger charge is -2.07. The van der Waals surface area contributed by atoms with Crippen LogP contribution in [0.5, 0.6) is 5.75 Å². The molecule has 1 amide bonds. The van der Waals surface area contributed by atoms with Crippen molar-refractivity contribution in [1.29, 1.82) is 0 Å². The van der Waals surface area contributed by atoms with E-state index in [1.54, 1.807) is 0 Å². The molecule has 15 heavy (non-hydrogen) atoms. The Morgan fingerprint density at radius 2 is 2.00 bits per heavy atom. The quantitative estimate of drug-likeness (QED) is 0.394. The van der Waals surface area contributed by atoms with Crippen LogP contribution in [0.4, 0.5) is 11.4 Å². The third-order valence-corrected chi connectivity index (χ3v) is 1.87. The minimum atomic E-state index is -0.244. The molecule has 0 heterocycles. The van der Waals surface area contributed by atoms with Gasteiger partial charge in [0, 0.05) is 6.92 Å². The molecule has 0 saturated heterocycles. The first-order chi connectivity index (χ1) is 7.02. The summed E-state index contributed by atoms with van der Waals surface area (Å²) < 4.78 is 0. The molecule has 0 aliphatic heterocycles. The van der Waals surface area contributed by atoms with Gasteiger partial charge in [-0.2, -0.15) is 0 Å². The van der Waals surface area contributed by atoms with Crippen LogP contribution in [-0.2, 0) is 4.79 Å². The Labute approximate surface area is 94.0 Å². The highest BCUT2D eigenvalue weighted by Crippen LogP contribution is 2.34. The van der Waals surface area contributed by atoms with E-state index >= 15 is 0 Å². The van der Waals surface area contributed by atoms with Gasteiger partial charge in [0.25, 0.3) is 0 Å². The predicted octanol–water partition coefficient (Wildman–Crippen LogP) is 2.61. The van der Waals surface area contributed by atoms with Crippen molar-refractivity contribution in [3.8, 4) is 5.75 Å². The number of hydrogen-bond acceptors (Lipinski definition) is 3. The average molecular weight is 231 g/mol. The third kappa shape index (κ3) is 3.67. The molecule has 0 spiro atoms. The van der Waals surface area contributed by atoms with Gasteiger partial charge in [-0.15, -0.1) is 0 Å². The normalized spacial score (nSPS) is 8.80. The number of nitrogens with one attached hydrogen (secondary N) is 1. The number of hydrogen-bond donors (Lipinski definition) is 3. The van der Waals surface area contributed by atoms with Crippen LogP contribution in [-0.4, -0.2) is 11.0 Å². The molecule has 1 rings (SSSR count). The summed E-state index contributed by atoms with van der Waals surface area (Å²) in [5.74, 6) is -0.342. The van der Waals surface area contributed by atoms with Gasteiger partial charge in [0.05, 0.1) is 16.4 Å². The molecule has 0 aromatic heterocycles. The van der Waals surface area contributed by atoms with Gasteiger partial charge >= 0.3 is 0 Å². The summed E-state index contributed by atoms with van der Waals surface area (Å²) >= 11 is 5.74. The highest BCUT2D eigenvalue weighted by Gasteiger charge is 2.08. The molecule has 0 fully saturated rings. The highest BCUT2D eigenvalue weighted by molar-refractivity contribution is 6.36. The Morgan fingerprint density at radius 1 is 1.47 bits per heavy atom. The number of nitrogen functional groups attached to an aromatic ring is 1. The lowest BCUT2D eigenvalue weighted by molar-refractivity contribution is -0.114. The number of carbonyl (C=O) groups excluding carboxylic acids is 1. The van der Waals surface area contributed by atoms with E-state index in [1.165, 1.54) is 19.1 Å². The van der Waals surface area contributed by atoms with E-state index in [0.717, 1.165) is 0 Å². The van der Waals surface area contributed by atoms with Gasteiger partial charge in [-0.3, -0.25) is 4.79 Å². The van der Waals surface area contributed by atoms with Gasteiger partial charge in [-0.05, 0) is 12.1 Å². The Hall–Kier alpha value is -1.42. The van der Waals surface area contributed by atoms with Gasteiger partial charge < -0.3 is 16.2 Å². The number of anilines is 2.